The van der Waals surface area contributed by atoms with Crippen LogP contribution in [0.3, 0.4) is 0 Å². The van der Waals surface area contributed by atoms with Crippen molar-refractivity contribution in [1.82, 2.24) is 5.32 Å². The summed E-state index contributed by atoms with van der Waals surface area (Å²) in [6.07, 6.45) is 1.01. The molecule has 1 heterocycles. The van der Waals surface area contributed by atoms with Gasteiger partial charge in [0.2, 0.25) is 0 Å². The number of hydrogen-bond acceptors (Lipinski definition) is 2. The van der Waals surface area contributed by atoms with E-state index in [0.717, 1.165) is 12.2 Å². The van der Waals surface area contributed by atoms with Crippen LogP contribution in [0.1, 0.15) is 54.1 Å². The van der Waals surface area contributed by atoms with Crippen LogP contribution in [0.2, 0.25) is 0 Å². The average molecular weight is 247 g/mol. The lowest BCUT2D eigenvalue weighted by Crippen LogP contribution is -2.39. The maximum Gasteiger partial charge on any atom is 0.128 e. The Hall–Kier alpha value is -1.02. The highest BCUT2D eigenvalue weighted by atomic mass is 16.5. The molecule has 100 valence electrons. The zero-order chi connectivity index (χ0) is 13.7. The molecular weight excluding hydrogens is 222 g/mol. The Kier molecular flexibility index (Phi) is 3.18. The first kappa shape index (κ1) is 13.4. The molecule has 0 saturated carbocycles. The summed E-state index contributed by atoms with van der Waals surface area (Å²) in [5.74, 6) is 1.10. The standard InChI is InChI=1S/C16H25NO/c1-9-10(2)12(4)15-14(11(9)3)13(17-7)8-16(5,6)18-15/h13,17H,8H2,1-7H3. The molecule has 0 radical (unpaired) electrons. The molecule has 0 amide bonds. The summed E-state index contributed by atoms with van der Waals surface area (Å²) >= 11 is 0. The second-order valence-electron chi connectivity index (χ2n) is 6.15. The van der Waals surface area contributed by atoms with Gasteiger partial charge in [-0.3, -0.25) is 0 Å². The quantitative estimate of drug-likeness (QED) is 0.816. The topological polar surface area (TPSA) is 21.3 Å². The monoisotopic (exact) mass is 247 g/mol. The highest BCUT2D eigenvalue weighted by Crippen LogP contribution is 2.45. The maximum absolute atomic E-state index is 6.26. The minimum absolute atomic E-state index is 0.0976. The lowest BCUT2D eigenvalue weighted by molar-refractivity contribution is 0.0661. The number of benzene rings is 1. The molecule has 2 rings (SSSR count). The van der Waals surface area contributed by atoms with Crippen LogP contribution in [0.15, 0.2) is 0 Å². The normalized spacial score (nSPS) is 21.4. The van der Waals surface area contributed by atoms with E-state index in [1.54, 1.807) is 0 Å². The zero-order valence-electron chi connectivity index (χ0n) is 12.7. The van der Waals surface area contributed by atoms with Crippen LogP contribution < -0.4 is 10.1 Å². The number of fused-ring (bicyclic) bond motifs is 1. The van der Waals surface area contributed by atoms with Gasteiger partial charge in [0, 0.05) is 18.0 Å². The van der Waals surface area contributed by atoms with Crippen LogP contribution in [0.5, 0.6) is 5.75 Å². The lowest BCUT2D eigenvalue weighted by Gasteiger charge is -2.40. The van der Waals surface area contributed by atoms with Gasteiger partial charge in [0.25, 0.3) is 0 Å². The first-order chi connectivity index (χ1) is 8.28. The van der Waals surface area contributed by atoms with Crippen molar-refractivity contribution in [3.05, 3.63) is 27.8 Å². The van der Waals surface area contributed by atoms with Gasteiger partial charge in [-0.25, -0.2) is 0 Å². The Morgan fingerprint density at radius 2 is 1.56 bits per heavy atom. The number of rotatable bonds is 1. The summed E-state index contributed by atoms with van der Waals surface area (Å²) in [4.78, 5) is 0. The molecule has 0 saturated heterocycles. The molecule has 0 aliphatic carbocycles. The minimum Gasteiger partial charge on any atom is -0.487 e. The van der Waals surface area contributed by atoms with Crippen LogP contribution in [0, 0.1) is 27.7 Å². The van der Waals surface area contributed by atoms with Crippen LogP contribution in [0.4, 0.5) is 0 Å². The van der Waals surface area contributed by atoms with E-state index in [-0.39, 0.29) is 5.60 Å². The Bertz CT molecular complexity index is 489. The Labute approximate surface area is 111 Å². The molecule has 1 unspecified atom stereocenters. The molecule has 0 fully saturated rings. The molecule has 1 aromatic rings. The molecule has 2 heteroatoms. The smallest absolute Gasteiger partial charge is 0.128 e. The fourth-order valence-electron chi connectivity index (χ4n) is 3.02. The summed E-state index contributed by atoms with van der Waals surface area (Å²) in [6.45, 7) is 13.1. The van der Waals surface area contributed by atoms with Gasteiger partial charge in [0.1, 0.15) is 11.4 Å². The van der Waals surface area contributed by atoms with E-state index in [4.69, 9.17) is 4.74 Å². The second-order valence-corrected chi connectivity index (χ2v) is 6.15. The third kappa shape index (κ3) is 1.93. The zero-order valence-corrected chi connectivity index (χ0v) is 12.7. The Morgan fingerprint density at radius 1 is 1.00 bits per heavy atom. The number of ether oxygens (including phenoxy) is 1. The van der Waals surface area contributed by atoms with Crippen molar-refractivity contribution < 1.29 is 4.74 Å². The van der Waals surface area contributed by atoms with Gasteiger partial charge < -0.3 is 10.1 Å². The van der Waals surface area contributed by atoms with Crippen molar-refractivity contribution in [2.45, 2.75) is 59.6 Å². The minimum atomic E-state index is -0.0976. The molecule has 1 aromatic carbocycles. The lowest BCUT2D eigenvalue weighted by atomic mass is 9.83. The van der Waals surface area contributed by atoms with E-state index in [2.05, 4.69) is 46.9 Å². The molecule has 0 spiro atoms. The van der Waals surface area contributed by atoms with Gasteiger partial charge in [-0.15, -0.1) is 0 Å². The fraction of sp³-hybridized carbons (Fsp3) is 0.625. The molecule has 1 aliphatic rings. The summed E-state index contributed by atoms with van der Waals surface area (Å²) in [6, 6.07) is 0.391. The molecule has 1 aliphatic heterocycles. The van der Waals surface area contributed by atoms with Crippen LogP contribution in [-0.4, -0.2) is 12.6 Å². The van der Waals surface area contributed by atoms with E-state index in [1.807, 2.05) is 7.05 Å². The predicted octanol–water partition coefficient (Wildman–Crippen LogP) is 3.74. The molecular formula is C16H25NO. The third-order valence-corrected chi connectivity index (χ3v) is 4.45. The van der Waals surface area contributed by atoms with Gasteiger partial charge in [0.05, 0.1) is 0 Å². The largest absolute Gasteiger partial charge is 0.487 e. The Morgan fingerprint density at radius 3 is 2.11 bits per heavy atom. The van der Waals surface area contributed by atoms with E-state index in [1.165, 1.54) is 27.8 Å². The fourth-order valence-corrected chi connectivity index (χ4v) is 3.02. The highest BCUT2D eigenvalue weighted by Gasteiger charge is 2.35. The summed E-state index contributed by atoms with van der Waals surface area (Å²) in [7, 11) is 2.04. The third-order valence-electron chi connectivity index (χ3n) is 4.45. The van der Waals surface area contributed by atoms with Gasteiger partial charge in [-0.2, -0.15) is 0 Å². The van der Waals surface area contributed by atoms with Crippen molar-refractivity contribution in [1.29, 1.82) is 0 Å². The molecule has 0 bridgehead atoms. The van der Waals surface area contributed by atoms with E-state index in [9.17, 15) is 0 Å². The van der Waals surface area contributed by atoms with Gasteiger partial charge in [0.15, 0.2) is 0 Å². The Balaban J connectivity index is 2.72. The van der Waals surface area contributed by atoms with Gasteiger partial charge >= 0.3 is 0 Å². The first-order valence-corrected chi connectivity index (χ1v) is 6.75. The van der Waals surface area contributed by atoms with Crippen molar-refractivity contribution in [3.63, 3.8) is 0 Å². The van der Waals surface area contributed by atoms with Crippen molar-refractivity contribution in [3.8, 4) is 5.75 Å². The second kappa shape index (κ2) is 4.27. The molecule has 18 heavy (non-hydrogen) atoms. The first-order valence-electron chi connectivity index (χ1n) is 6.75. The molecule has 1 N–H and O–H groups in total. The average Bonchev–Trinajstić information content (AvgIpc) is 2.31. The maximum atomic E-state index is 6.26. The summed E-state index contributed by atoms with van der Waals surface area (Å²) in [5.41, 5.74) is 6.69. The van der Waals surface area contributed by atoms with Gasteiger partial charge in [-0.1, -0.05) is 0 Å². The summed E-state index contributed by atoms with van der Waals surface area (Å²) < 4.78 is 6.26. The SMILES string of the molecule is CNC1CC(C)(C)Oc2c(C)c(C)c(C)c(C)c21. The van der Waals surface area contributed by atoms with Crippen LogP contribution in [0.25, 0.3) is 0 Å². The molecule has 1 atom stereocenters. The number of hydrogen-bond donors (Lipinski definition) is 1. The van der Waals surface area contributed by atoms with Crippen molar-refractivity contribution in [2.75, 3.05) is 7.05 Å². The van der Waals surface area contributed by atoms with E-state index < -0.39 is 0 Å². The highest BCUT2D eigenvalue weighted by molar-refractivity contribution is 5.56. The number of nitrogens with one attached hydrogen (secondary N) is 1. The van der Waals surface area contributed by atoms with E-state index in [0.29, 0.717) is 6.04 Å². The van der Waals surface area contributed by atoms with Crippen LogP contribution in [-0.2, 0) is 0 Å². The predicted molar refractivity (Wildman–Crippen MR) is 76.5 cm³/mol. The van der Waals surface area contributed by atoms with E-state index >= 15 is 0 Å². The summed E-state index contributed by atoms with van der Waals surface area (Å²) in [5, 5.41) is 3.45. The van der Waals surface area contributed by atoms with Crippen molar-refractivity contribution in [2.24, 2.45) is 0 Å². The van der Waals surface area contributed by atoms with Gasteiger partial charge in [-0.05, 0) is 70.8 Å². The van der Waals surface area contributed by atoms with Crippen LogP contribution >= 0.6 is 0 Å². The molecule has 2 nitrogen and oxygen atoms in total. The van der Waals surface area contributed by atoms with Crippen molar-refractivity contribution >= 4 is 0 Å². The molecule has 0 aromatic heterocycles.